The number of aromatic nitrogens is 1. The maximum atomic E-state index is 12.3. The third-order valence-corrected chi connectivity index (χ3v) is 2.88. The van der Waals surface area contributed by atoms with E-state index >= 15 is 0 Å². The molecular weight excluding hydrogens is 227 g/mol. The van der Waals surface area contributed by atoms with Gasteiger partial charge in [0.05, 0.1) is 4.83 Å². The molecular formula is C9H6F3NOS. The Morgan fingerprint density at radius 1 is 1.47 bits per heavy atom. The standard InChI is InChI=1S/C9H6F3NOS/c1-5-4-6-13(2-3-15-6)7(5)8(14)9(10,11)12/h2-4H,1H3. The van der Waals surface area contributed by atoms with Gasteiger partial charge < -0.3 is 4.40 Å². The number of carbonyl (C=O) groups is 1. The Morgan fingerprint density at radius 2 is 2.13 bits per heavy atom. The third-order valence-electron chi connectivity index (χ3n) is 2.06. The average molecular weight is 233 g/mol. The molecule has 2 heterocycles. The monoisotopic (exact) mass is 233 g/mol. The third kappa shape index (κ3) is 1.54. The maximum absolute atomic E-state index is 12.3. The molecule has 0 aliphatic carbocycles. The van der Waals surface area contributed by atoms with E-state index in [-0.39, 0.29) is 5.69 Å². The molecule has 0 aliphatic heterocycles. The van der Waals surface area contributed by atoms with Crippen LogP contribution in [-0.2, 0) is 0 Å². The molecule has 2 aromatic heterocycles. The molecule has 0 radical (unpaired) electrons. The fraction of sp³-hybridized carbons (Fsp3) is 0.222. The van der Waals surface area contributed by atoms with Crippen molar-refractivity contribution in [1.82, 2.24) is 4.40 Å². The van der Waals surface area contributed by atoms with E-state index in [0.29, 0.717) is 10.4 Å². The fourth-order valence-electron chi connectivity index (χ4n) is 1.45. The smallest absolute Gasteiger partial charge is 0.304 e. The Labute approximate surface area is 86.9 Å². The molecule has 0 aromatic carbocycles. The summed E-state index contributed by atoms with van der Waals surface area (Å²) < 4.78 is 38.1. The summed E-state index contributed by atoms with van der Waals surface area (Å²) in [6.07, 6.45) is -3.35. The molecule has 2 aromatic rings. The summed E-state index contributed by atoms with van der Waals surface area (Å²) in [5.74, 6) is -1.79. The van der Waals surface area contributed by atoms with Gasteiger partial charge in [-0.2, -0.15) is 13.2 Å². The predicted molar refractivity (Wildman–Crippen MR) is 50.4 cm³/mol. The molecule has 0 bridgehead atoms. The molecule has 2 rings (SSSR count). The average Bonchev–Trinajstić information content (AvgIpc) is 2.60. The van der Waals surface area contributed by atoms with Crippen molar-refractivity contribution in [3.05, 3.63) is 28.9 Å². The van der Waals surface area contributed by atoms with Gasteiger partial charge in [-0.1, -0.05) is 0 Å². The number of Topliss-reactive ketones (excluding diaryl/α,β-unsaturated/α-hetero) is 1. The number of rotatable bonds is 1. The van der Waals surface area contributed by atoms with Gasteiger partial charge in [0, 0.05) is 11.6 Å². The van der Waals surface area contributed by atoms with Crippen LogP contribution in [0.25, 0.3) is 4.83 Å². The van der Waals surface area contributed by atoms with Crippen LogP contribution in [0.15, 0.2) is 17.6 Å². The van der Waals surface area contributed by atoms with Gasteiger partial charge in [0.2, 0.25) is 0 Å². The molecule has 0 unspecified atom stereocenters. The number of fused-ring (bicyclic) bond motifs is 1. The van der Waals surface area contributed by atoms with Crippen LogP contribution >= 0.6 is 11.3 Å². The minimum absolute atomic E-state index is 0.293. The van der Waals surface area contributed by atoms with E-state index in [4.69, 9.17) is 0 Å². The Hall–Kier alpha value is -1.30. The summed E-state index contributed by atoms with van der Waals surface area (Å²) in [4.78, 5) is 11.8. The fourth-order valence-corrected chi connectivity index (χ4v) is 2.28. The number of carbonyl (C=O) groups excluding carboxylic acids is 1. The van der Waals surface area contributed by atoms with E-state index in [1.807, 2.05) is 0 Å². The lowest BCUT2D eigenvalue weighted by Crippen LogP contribution is -2.24. The van der Waals surface area contributed by atoms with Crippen LogP contribution in [0.4, 0.5) is 13.2 Å². The first-order valence-corrected chi connectivity index (χ1v) is 4.96. The summed E-state index contributed by atoms with van der Waals surface area (Å²) in [6, 6.07) is 1.57. The molecule has 80 valence electrons. The van der Waals surface area contributed by atoms with Crippen LogP contribution < -0.4 is 0 Å². The lowest BCUT2D eigenvalue weighted by Gasteiger charge is -2.05. The Kier molecular flexibility index (Phi) is 2.11. The normalized spacial score (nSPS) is 12.3. The van der Waals surface area contributed by atoms with E-state index in [9.17, 15) is 18.0 Å². The molecule has 0 fully saturated rings. The Balaban J connectivity index is 2.64. The van der Waals surface area contributed by atoms with Crippen molar-refractivity contribution in [3.63, 3.8) is 0 Å². The van der Waals surface area contributed by atoms with Crippen molar-refractivity contribution in [2.24, 2.45) is 0 Å². The zero-order valence-electron chi connectivity index (χ0n) is 7.63. The van der Waals surface area contributed by atoms with Crippen LogP contribution in [0.2, 0.25) is 0 Å². The van der Waals surface area contributed by atoms with Gasteiger partial charge in [0.25, 0.3) is 5.78 Å². The van der Waals surface area contributed by atoms with Gasteiger partial charge in [-0.05, 0) is 18.6 Å². The second-order valence-corrected chi connectivity index (χ2v) is 4.04. The number of hydrogen-bond acceptors (Lipinski definition) is 2. The van der Waals surface area contributed by atoms with Crippen LogP contribution in [-0.4, -0.2) is 16.4 Å². The molecule has 15 heavy (non-hydrogen) atoms. The Morgan fingerprint density at radius 3 is 2.73 bits per heavy atom. The lowest BCUT2D eigenvalue weighted by atomic mass is 10.2. The topological polar surface area (TPSA) is 21.5 Å². The highest BCUT2D eigenvalue weighted by Gasteiger charge is 2.41. The molecule has 0 saturated heterocycles. The number of halogens is 3. The summed E-state index contributed by atoms with van der Waals surface area (Å²) in [6.45, 7) is 1.50. The van der Waals surface area contributed by atoms with E-state index < -0.39 is 12.0 Å². The number of thiazole rings is 1. The first kappa shape index (κ1) is 10.2. The first-order valence-electron chi connectivity index (χ1n) is 4.08. The highest BCUT2D eigenvalue weighted by Crippen LogP contribution is 2.27. The van der Waals surface area contributed by atoms with Gasteiger partial charge >= 0.3 is 6.18 Å². The highest BCUT2D eigenvalue weighted by atomic mass is 32.1. The molecule has 0 aliphatic rings. The van der Waals surface area contributed by atoms with Crippen molar-refractivity contribution >= 4 is 22.0 Å². The Bertz CT molecular complexity index is 523. The zero-order chi connectivity index (χ0) is 11.2. The summed E-state index contributed by atoms with van der Waals surface area (Å²) >= 11 is 1.29. The molecule has 2 nitrogen and oxygen atoms in total. The highest BCUT2D eigenvalue weighted by molar-refractivity contribution is 7.15. The van der Waals surface area contributed by atoms with Gasteiger partial charge in [0.1, 0.15) is 5.69 Å². The molecule has 0 atom stereocenters. The molecule has 0 N–H and O–H groups in total. The first-order chi connectivity index (χ1) is 6.91. The number of aryl methyl sites for hydroxylation is 1. The lowest BCUT2D eigenvalue weighted by molar-refractivity contribution is -0.0889. The van der Waals surface area contributed by atoms with Crippen LogP contribution in [0, 0.1) is 6.92 Å². The minimum Gasteiger partial charge on any atom is -0.304 e. The van der Waals surface area contributed by atoms with Crippen LogP contribution in [0.3, 0.4) is 0 Å². The number of ketones is 1. The second-order valence-electron chi connectivity index (χ2n) is 3.11. The van der Waals surface area contributed by atoms with Gasteiger partial charge in [-0.3, -0.25) is 4.79 Å². The summed E-state index contributed by atoms with van der Waals surface area (Å²) in [7, 11) is 0. The summed E-state index contributed by atoms with van der Waals surface area (Å²) in [5.41, 5.74) is 0.0583. The molecule has 6 heteroatoms. The van der Waals surface area contributed by atoms with Gasteiger partial charge in [-0.15, -0.1) is 11.3 Å². The maximum Gasteiger partial charge on any atom is 0.456 e. The van der Waals surface area contributed by atoms with Crippen molar-refractivity contribution in [1.29, 1.82) is 0 Å². The van der Waals surface area contributed by atoms with Crippen LogP contribution in [0.5, 0.6) is 0 Å². The predicted octanol–water partition coefficient (Wildman–Crippen LogP) is 3.05. The van der Waals surface area contributed by atoms with Crippen molar-refractivity contribution in [2.45, 2.75) is 13.1 Å². The minimum atomic E-state index is -4.82. The van der Waals surface area contributed by atoms with E-state index in [1.165, 1.54) is 28.9 Å². The SMILES string of the molecule is Cc1cc2sccn2c1C(=O)C(F)(F)F. The van der Waals surface area contributed by atoms with Crippen molar-refractivity contribution in [2.75, 3.05) is 0 Å². The van der Waals surface area contributed by atoms with E-state index in [1.54, 1.807) is 11.4 Å². The van der Waals surface area contributed by atoms with Gasteiger partial charge in [-0.25, -0.2) is 0 Å². The van der Waals surface area contributed by atoms with Gasteiger partial charge in [0.15, 0.2) is 0 Å². The number of hydrogen-bond donors (Lipinski definition) is 0. The quantitative estimate of drug-likeness (QED) is 0.693. The van der Waals surface area contributed by atoms with Crippen molar-refractivity contribution < 1.29 is 18.0 Å². The van der Waals surface area contributed by atoms with E-state index in [2.05, 4.69) is 0 Å². The number of nitrogens with zero attached hydrogens (tertiary/aromatic N) is 1. The molecule has 0 spiro atoms. The second kappa shape index (κ2) is 3.10. The van der Waals surface area contributed by atoms with E-state index in [0.717, 1.165) is 0 Å². The zero-order valence-corrected chi connectivity index (χ0v) is 8.45. The number of alkyl halides is 3. The molecule has 0 amide bonds. The van der Waals surface area contributed by atoms with Crippen LogP contribution in [0.1, 0.15) is 16.1 Å². The molecule has 0 saturated carbocycles. The summed E-state index contributed by atoms with van der Waals surface area (Å²) in [5, 5.41) is 1.64. The van der Waals surface area contributed by atoms with Crippen molar-refractivity contribution in [3.8, 4) is 0 Å². The largest absolute Gasteiger partial charge is 0.456 e.